The minimum absolute atomic E-state index is 0.0246. The summed E-state index contributed by atoms with van der Waals surface area (Å²) in [7, 11) is 0. The minimum atomic E-state index is -0.970. The lowest BCUT2D eigenvalue weighted by molar-refractivity contribution is -0.137. The third-order valence-electron chi connectivity index (χ3n) is 6.40. The van der Waals surface area contributed by atoms with Gasteiger partial charge in [-0.25, -0.2) is 4.39 Å². The number of aliphatic hydroxyl groups is 1. The lowest BCUT2D eigenvalue weighted by Crippen LogP contribution is -2.42. The van der Waals surface area contributed by atoms with Crippen molar-refractivity contribution in [3.8, 4) is 11.5 Å². The van der Waals surface area contributed by atoms with E-state index in [1.165, 1.54) is 6.07 Å². The standard InChI is InChI=1S/C26H33FN2O5/c27-23-4-1-2-5-24(23)34-20-26(31)10-3-12-28(13-11-26)18-21-6-8-22(9-7-21)33-19-25(30)29-14-16-32-17-15-29/h1-2,4-9,31H,3,10-20H2/t26-/m1/s1. The number of carbonyl (C=O) groups is 1. The normalized spacial score (nSPS) is 21.6. The monoisotopic (exact) mass is 472 g/mol. The van der Waals surface area contributed by atoms with Gasteiger partial charge in [-0.2, -0.15) is 0 Å². The van der Waals surface area contributed by atoms with Crippen molar-refractivity contribution in [3.63, 3.8) is 0 Å². The van der Waals surface area contributed by atoms with E-state index >= 15 is 0 Å². The van der Waals surface area contributed by atoms with Crippen molar-refractivity contribution in [2.75, 3.05) is 52.6 Å². The summed E-state index contributed by atoms with van der Waals surface area (Å²) < 4.78 is 30.3. The maximum absolute atomic E-state index is 13.8. The lowest BCUT2D eigenvalue weighted by Gasteiger charge is -2.27. The van der Waals surface area contributed by atoms with Gasteiger partial charge in [-0.05, 0) is 55.6 Å². The number of carbonyl (C=O) groups excluding carboxylic acids is 1. The van der Waals surface area contributed by atoms with Crippen LogP contribution < -0.4 is 9.47 Å². The molecule has 184 valence electrons. The number of hydrogen-bond acceptors (Lipinski definition) is 6. The first-order valence-electron chi connectivity index (χ1n) is 11.9. The van der Waals surface area contributed by atoms with E-state index in [1.54, 1.807) is 23.1 Å². The molecule has 0 radical (unpaired) electrons. The Morgan fingerprint density at radius 3 is 2.53 bits per heavy atom. The molecule has 0 bridgehead atoms. The summed E-state index contributed by atoms with van der Waals surface area (Å²) in [6.45, 7) is 4.84. The van der Waals surface area contributed by atoms with Crippen LogP contribution in [-0.2, 0) is 16.1 Å². The van der Waals surface area contributed by atoms with Crippen molar-refractivity contribution >= 4 is 5.91 Å². The maximum Gasteiger partial charge on any atom is 0.260 e. The summed E-state index contributed by atoms with van der Waals surface area (Å²) in [6.07, 6.45) is 2.01. The Morgan fingerprint density at radius 1 is 1.00 bits per heavy atom. The van der Waals surface area contributed by atoms with Gasteiger partial charge >= 0.3 is 0 Å². The SMILES string of the molecule is O=C(COc1ccc(CN2CCC[C@](O)(COc3ccccc3F)CC2)cc1)N1CCOCC1. The Kier molecular flexibility index (Phi) is 8.37. The molecule has 2 aromatic rings. The number of likely N-dealkylation sites (tertiary alicyclic amines) is 1. The zero-order chi connectivity index (χ0) is 23.8. The second kappa shape index (κ2) is 11.6. The molecule has 2 saturated heterocycles. The van der Waals surface area contributed by atoms with Crippen LogP contribution in [0.2, 0.25) is 0 Å². The third-order valence-corrected chi connectivity index (χ3v) is 6.40. The summed E-state index contributed by atoms with van der Waals surface area (Å²) in [5.74, 6) is 0.398. The maximum atomic E-state index is 13.8. The van der Waals surface area contributed by atoms with Gasteiger partial charge in [0.15, 0.2) is 18.2 Å². The topological polar surface area (TPSA) is 71.5 Å². The van der Waals surface area contributed by atoms with Crippen LogP contribution in [0.15, 0.2) is 48.5 Å². The molecule has 2 aromatic carbocycles. The fraction of sp³-hybridized carbons (Fsp3) is 0.500. The smallest absolute Gasteiger partial charge is 0.260 e. The molecule has 2 aliphatic rings. The zero-order valence-electron chi connectivity index (χ0n) is 19.5. The Labute approximate surface area is 200 Å². The fourth-order valence-electron chi connectivity index (χ4n) is 4.31. The highest BCUT2D eigenvalue weighted by Gasteiger charge is 2.31. The number of halogens is 1. The van der Waals surface area contributed by atoms with Gasteiger partial charge in [0.25, 0.3) is 5.91 Å². The summed E-state index contributed by atoms with van der Waals surface area (Å²) in [5.41, 5.74) is 0.168. The van der Waals surface area contributed by atoms with Gasteiger partial charge in [-0.1, -0.05) is 24.3 Å². The second-order valence-electron chi connectivity index (χ2n) is 9.00. The van der Waals surface area contributed by atoms with Crippen LogP contribution in [0, 0.1) is 5.82 Å². The van der Waals surface area contributed by atoms with Gasteiger partial charge in [-0.15, -0.1) is 0 Å². The van der Waals surface area contributed by atoms with Crippen LogP contribution in [-0.4, -0.2) is 79.0 Å². The number of morpholine rings is 1. The second-order valence-corrected chi connectivity index (χ2v) is 9.00. The largest absolute Gasteiger partial charge is 0.488 e. The summed E-state index contributed by atoms with van der Waals surface area (Å²) in [6, 6.07) is 14.1. The van der Waals surface area contributed by atoms with E-state index in [2.05, 4.69) is 4.90 Å². The highest BCUT2D eigenvalue weighted by atomic mass is 19.1. The average Bonchev–Trinajstić information content (AvgIpc) is 3.05. The molecule has 1 N–H and O–H groups in total. The molecule has 0 saturated carbocycles. The molecule has 8 heteroatoms. The molecule has 34 heavy (non-hydrogen) atoms. The number of hydrogen-bond donors (Lipinski definition) is 1. The first-order valence-corrected chi connectivity index (χ1v) is 11.9. The predicted octanol–water partition coefficient (Wildman–Crippen LogP) is 2.86. The van der Waals surface area contributed by atoms with Crippen LogP contribution in [0.3, 0.4) is 0 Å². The molecule has 7 nitrogen and oxygen atoms in total. The third kappa shape index (κ3) is 6.91. The van der Waals surface area contributed by atoms with Crippen LogP contribution in [0.25, 0.3) is 0 Å². The Morgan fingerprint density at radius 2 is 1.76 bits per heavy atom. The van der Waals surface area contributed by atoms with Crippen LogP contribution in [0.4, 0.5) is 4.39 Å². The first kappa shape index (κ1) is 24.4. The van der Waals surface area contributed by atoms with Crippen molar-refractivity contribution in [3.05, 3.63) is 59.9 Å². The van der Waals surface area contributed by atoms with Crippen molar-refractivity contribution < 1.29 is 28.5 Å². The minimum Gasteiger partial charge on any atom is -0.488 e. The van der Waals surface area contributed by atoms with E-state index in [9.17, 15) is 14.3 Å². The highest BCUT2D eigenvalue weighted by Crippen LogP contribution is 2.26. The van der Waals surface area contributed by atoms with Crippen molar-refractivity contribution in [1.29, 1.82) is 0 Å². The molecular formula is C26H33FN2O5. The van der Waals surface area contributed by atoms with E-state index in [0.29, 0.717) is 44.9 Å². The number of ether oxygens (including phenoxy) is 3. The summed E-state index contributed by atoms with van der Waals surface area (Å²) in [4.78, 5) is 16.3. The number of benzene rings is 2. The summed E-state index contributed by atoms with van der Waals surface area (Å²) >= 11 is 0. The van der Waals surface area contributed by atoms with Gasteiger partial charge in [0.05, 0.1) is 18.8 Å². The molecule has 2 aliphatic heterocycles. The van der Waals surface area contributed by atoms with Gasteiger partial charge in [-0.3, -0.25) is 9.69 Å². The molecule has 2 fully saturated rings. The fourth-order valence-corrected chi connectivity index (χ4v) is 4.31. The van der Waals surface area contributed by atoms with Gasteiger partial charge in [0.2, 0.25) is 0 Å². The number of amides is 1. The Balaban J connectivity index is 1.22. The van der Waals surface area contributed by atoms with E-state index in [4.69, 9.17) is 14.2 Å². The van der Waals surface area contributed by atoms with E-state index in [-0.39, 0.29) is 24.9 Å². The van der Waals surface area contributed by atoms with Crippen molar-refractivity contribution in [2.45, 2.75) is 31.4 Å². The molecule has 1 atom stereocenters. The van der Waals surface area contributed by atoms with Crippen molar-refractivity contribution in [1.82, 2.24) is 9.80 Å². The molecule has 0 spiro atoms. The quantitative estimate of drug-likeness (QED) is 0.637. The van der Waals surface area contributed by atoms with E-state index < -0.39 is 11.4 Å². The van der Waals surface area contributed by atoms with Crippen LogP contribution >= 0.6 is 0 Å². The van der Waals surface area contributed by atoms with E-state index in [0.717, 1.165) is 31.6 Å². The molecule has 1 amide bonds. The highest BCUT2D eigenvalue weighted by molar-refractivity contribution is 5.77. The predicted molar refractivity (Wildman–Crippen MR) is 125 cm³/mol. The van der Waals surface area contributed by atoms with Gasteiger partial charge < -0.3 is 24.2 Å². The number of rotatable bonds is 8. The molecule has 0 aromatic heterocycles. The molecule has 4 rings (SSSR count). The molecular weight excluding hydrogens is 439 g/mol. The Bertz CT molecular complexity index is 935. The summed E-state index contributed by atoms with van der Waals surface area (Å²) in [5, 5.41) is 11.0. The molecule has 0 unspecified atom stereocenters. The zero-order valence-corrected chi connectivity index (χ0v) is 19.5. The Hall–Kier alpha value is -2.68. The first-order chi connectivity index (χ1) is 16.5. The lowest BCUT2D eigenvalue weighted by atomic mass is 9.96. The van der Waals surface area contributed by atoms with E-state index in [1.807, 2.05) is 24.3 Å². The average molecular weight is 473 g/mol. The van der Waals surface area contributed by atoms with Gasteiger partial charge in [0.1, 0.15) is 12.4 Å². The van der Waals surface area contributed by atoms with Gasteiger partial charge in [0, 0.05) is 26.2 Å². The van der Waals surface area contributed by atoms with Crippen LogP contribution in [0.5, 0.6) is 11.5 Å². The number of nitrogens with zero attached hydrogens (tertiary/aromatic N) is 2. The molecule has 2 heterocycles. The van der Waals surface area contributed by atoms with Crippen molar-refractivity contribution in [2.24, 2.45) is 0 Å². The van der Waals surface area contributed by atoms with Crippen LogP contribution in [0.1, 0.15) is 24.8 Å². The molecule has 0 aliphatic carbocycles. The number of para-hydroxylation sites is 1.